The van der Waals surface area contributed by atoms with E-state index >= 15 is 0 Å². The van der Waals surface area contributed by atoms with Crippen molar-refractivity contribution >= 4 is 17.9 Å². The van der Waals surface area contributed by atoms with Crippen molar-refractivity contribution in [1.82, 2.24) is 19.1 Å². The molecule has 1 aliphatic rings. The van der Waals surface area contributed by atoms with E-state index in [1.165, 1.54) is 0 Å². The van der Waals surface area contributed by atoms with Gasteiger partial charge in [-0.05, 0) is 55.4 Å². The predicted molar refractivity (Wildman–Crippen MR) is 102 cm³/mol. The van der Waals surface area contributed by atoms with E-state index in [0.717, 1.165) is 42.1 Å². The third kappa shape index (κ3) is 2.97. The van der Waals surface area contributed by atoms with Crippen molar-refractivity contribution in [2.45, 2.75) is 25.6 Å². The van der Waals surface area contributed by atoms with E-state index in [4.69, 9.17) is 21.7 Å². The van der Waals surface area contributed by atoms with Crippen LogP contribution in [0.4, 0.5) is 0 Å². The lowest BCUT2D eigenvalue weighted by Gasteiger charge is -2.26. The van der Waals surface area contributed by atoms with Crippen LogP contribution in [0, 0.1) is 4.77 Å². The Balaban J connectivity index is 1.67. The van der Waals surface area contributed by atoms with Crippen LogP contribution in [0.3, 0.4) is 0 Å². The normalized spacial score (nSPS) is 17.7. The van der Waals surface area contributed by atoms with Gasteiger partial charge in [-0.2, -0.15) is 5.10 Å². The standard InChI is InChI=1S/C19H22N4O2S/c1-24-14-8-9-17(25-2)15(12-14)16-6-5-10-21(16)13-23-19(26)22-11-4-3-7-18(22)20-23/h3-4,7-9,11-12,16H,5-6,10,13H2,1-2H3. The van der Waals surface area contributed by atoms with Gasteiger partial charge in [0.25, 0.3) is 0 Å². The van der Waals surface area contributed by atoms with Crippen LogP contribution < -0.4 is 9.47 Å². The van der Waals surface area contributed by atoms with Gasteiger partial charge in [0.1, 0.15) is 11.5 Å². The molecule has 2 aromatic heterocycles. The fraction of sp³-hybridized carbons (Fsp3) is 0.368. The average molecular weight is 370 g/mol. The summed E-state index contributed by atoms with van der Waals surface area (Å²) in [4.78, 5) is 2.40. The highest BCUT2D eigenvalue weighted by Crippen LogP contribution is 2.39. The van der Waals surface area contributed by atoms with Crippen LogP contribution in [0.15, 0.2) is 42.6 Å². The molecular weight excluding hydrogens is 348 g/mol. The van der Waals surface area contributed by atoms with Crippen LogP contribution in [-0.2, 0) is 6.67 Å². The number of ether oxygens (including phenoxy) is 2. The maximum Gasteiger partial charge on any atom is 0.203 e. The molecule has 0 saturated carbocycles. The molecule has 1 aliphatic heterocycles. The molecule has 1 unspecified atom stereocenters. The highest BCUT2D eigenvalue weighted by molar-refractivity contribution is 7.71. The Morgan fingerprint density at radius 3 is 2.85 bits per heavy atom. The quantitative estimate of drug-likeness (QED) is 0.641. The van der Waals surface area contributed by atoms with Crippen LogP contribution in [0.1, 0.15) is 24.4 Å². The van der Waals surface area contributed by atoms with Crippen molar-refractivity contribution in [3.05, 3.63) is 52.9 Å². The summed E-state index contributed by atoms with van der Waals surface area (Å²) < 4.78 is 15.6. The van der Waals surface area contributed by atoms with E-state index < -0.39 is 0 Å². The van der Waals surface area contributed by atoms with E-state index in [-0.39, 0.29) is 6.04 Å². The summed E-state index contributed by atoms with van der Waals surface area (Å²) in [6.45, 7) is 1.66. The molecule has 1 fully saturated rings. The second-order valence-corrected chi connectivity index (χ2v) is 6.80. The summed E-state index contributed by atoms with van der Waals surface area (Å²) in [5.41, 5.74) is 2.02. The number of rotatable bonds is 5. The van der Waals surface area contributed by atoms with Crippen LogP contribution in [0.5, 0.6) is 11.5 Å². The van der Waals surface area contributed by atoms with Crippen LogP contribution in [0.25, 0.3) is 5.65 Å². The van der Waals surface area contributed by atoms with E-state index in [1.54, 1.807) is 14.2 Å². The Bertz CT molecular complexity index is 981. The number of benzene rings is 1. The fourth-order valence-corrected chi connectivity index (χ4v) is 3.93. The Morgan fingerprint density at radius 1 is 1.19 bits per heavy atom. The van der Waals surface area contributed by atoms with Gasteiger partial charge < -0.3 is 9.47 Å². The molecule has 1 atom stereocenters. The molecule has 3 heterocycles. The summed E-state index contributed by atoms with van der Waals surface area (Å²) in [5, 5.41) is 4.66. The number of aromatic nitrogens is 3. The van der Waals surface area contributed by atoms with Gasteiger partial charge in [0, 0.05) is 24.3 Å². The number of nitrogens with zero attached hydrogens (tertiary/aromatic N) is 4. The lowest BCUT2D eigenvalue weighted by molar-refractivity contribution is 0.187. The van der Waals surface area contributed by atoms with Crippen molar-refractivity contribution in [3.8, 4) is 11.5 Å². The first kappa shape index (κ1) is 17.1. The van der Waals surface area contributed by atoms with Gasteiger partial charge in [-0.1, -0.05) is 6.07 Å². The van der Waals surface area contributed by atoms with Gasteiger partial charge in [0.2, 0.25) is 4.77 Å². The van der Waals surface area contributed by atoms with E-state index in [2.05, 4.69) is 16.1 Å². The van der Waals surface area contributed by atoms with Gasteiger partial charge >= 0.3 is 0 Å². The third-order valence-electron chi connectivity index (χ3n) is 4.96. The van der Waals surface area contributed by atoms with Gasteiger partial charge in [-0.15, -0.1) is 0 Å². The Hall–Kier alpha value is -2.38. The number of methoxy groups -OCH3 is 2. The molecule has 1 saturated heterocycles. The van der Waals surface area contributed by atoms with Crippen molar-refractivity contribution in [2.24, 2.45) is 0 Å². The second-order valence-electron chi connectivity index (χ2n) is 6.43. The summed E-state index contributed by atoms with van der Waals surface area (Å²) in [6, 6.07) is 12.1. The Labute approximate surface area is 157 Å². The van der Waals surface area contributed by atoms with Crippen LogP contribution >= 0.6 is 12.2 Å². The molecule has 3 aromatic rings. The molecule has 136 valence electrons. The van der Waals surface area contributed by atoms with E-state index in [9.17, 15) is 0 Å². The highest BCUT2D eigenvalue weighted by atomic mass is 32.1. The Morgan fingerprint density at radius 2 is 2.08 bits per heavy atom. The maximum atomic E-state index is 5.60. The number of hydrogen-bond donors (Lipinski definition) is 0. The van der Waals surface area contributed by atoms with E-state index in [1.807, 2.05) is 45.6 Å². The molecule has 0 radical (unpaired) electrons. The zero-order valence-electron chi connectivity index (χ0n) is 15.0. The largest absolute Gasteiger partial charge is 0.497 e. The molecule has 4 rings (SSSR count). The summed E-state index contributed by atoms with van der Waals surface area (Å²) >= 11 is 5.60. The average Bonchev–Trinajstić information content (AvgIpc) is 3.26. The van der Waals surface area contributed by atoms with Crippen molar-refractivity contribution in [1.29, 1.82) is 0 Å². The van der Waals surface area contributed by atoms with Gasteiger partial charge in [-0.3, -0.25) is 9.30 Å². The van der Waals surface area contributed by atoms with Crippen LogP contribution in [-0.4, -0.2) is 39.8 Å². The lowest BCUT2D eigenvalue weighted by atomic mass is 10.0. The number of likely N-dealkylation sites (tertiary alicyclic amines) is 1. The highest BCUT2D eigenvalue weighted by Gasteiger charge is 2.29. The Kier molecular flexibility index (Phi) is 4.65. The summed E-state index contributed by atoms with van der Waals surface area (Å²) in [6.07, 6.45) is 4.16. The molecular formula is C19H22N4O2S. The topological polar surface area (TPSA) is 43.9 Å². The van der Waals surface area contributed by atoms with Crippen molar-refractivity contribution in [3.63, 3.8) is 0 Å². The predicted octanol–water partition coefficient (Wildman–Crippen LogP) is 3.68. The van der Waals surface area contributed by atoms with E-state index in [0.29, 0.717) is 11.4 Å². The molecule has 26 heavy (non-hydrogen) atoms. The number of fused-ring (bicyclic) bond motifs is 1. The number of hydrogen-bond acceptors (Lipinski definition) is 5. The SMILES string of the molecule is COc1ccc(OC)c(C2CCCN2Cn2nc3ccccn3c2=S)c1. The zero-order valence-corrected chi connectivity index (χ0v) is 15.8. The van der Waals surface area contributed by atoms with Gasteiger partial charge in [0.05, 0.1) is 20.9 Å². The molecule has 0 spiro atoms. The zero-order chi connectivity index (χ0) is 18.1. The van der Waals surface area contributed by atoms with Crippen molar-refractivity contribution < 1.29 is 9.47 Å². The molecule has 7 heteroatoms. The first-order chi connectivity index (χ1) is 12.7. The summed E-state index contributed by atoms with van der Waals surface area (Å²) in [5.74, 6) is 1.73. The molecule has 0 amide bonds. The minimum atomic E-state index is 0.256. The lowest BCUT2D eigenvalue weighted by Crippen LogP contribution is -2.27. The first-order valence-electron chi connectivity index (χ1n) is 8.71. The maximum absolute atomic E-state index is 5.60. The molecule has 6 nitrogen and oxygen atoms in total. The molecule has 1 aromatic carbocycles. The molecule has 0 N–H and O–H groups in total. The fourth-order valence-electron chi connectivity index (χ4n) is 3.68. The number of pyridine rings is 1. The van der Waals surface area contributed by atoms with Gasteiger partial charge in [-0.25, -0.2) is 4.68 Å². The van der Waals surface area contributed by atoms with Crippen molar-refractivity contribution in [2.75, 3.05) is 20.8 Å². The van der Waals surface area contributed by atoms with Crippen LogP contribution in [0.2, 0.25) is 0 Å². The summed E-state index contributed by atoms with van der Waals surface area (Å²) in [7, 11) is 3.40. The van der Waals surface area contributed by atoms with Gasteiger partial charge in [0.15, 0.2) is 5.65 Å². The third-order valence-corrected chi connectivity index (χ3v) is 5.37. The second kappa shape index (κ2) is 7.09. The minimum Gasteiger partial charge on any atom is -0.497 e. The first-order valence-corrected chi connectivity index (χ1v) is 9.12. The monoisotopic (exact) mass is 370 g/mol. The smallest absolute Gasteiger partial charge is 0.203 e. The molecule has 0 aliphatic carbocycles. The molecule has 0 bridgehead atoms. The minimum absolute atomic E-state index is 0.256.